The molecule has 0 aromatic heterocycles. The van der Waals surface area contributed by atoms with Crippen LogP contribution < -0.4 is 14.8 Å². The van der Waals surface area contributed by atoms with Gasteiger partial charge in [0.1, 0.15) is 13.2 Å². The average molecular weight is 326 g/mol. The van der Waals surface area contributed by atoms with Crippen molar-refractivity contribution in [3.63, 3.8) is 0 Å². The number of halogens is 2. The second-order valence-electron chi connectivity index (χ2n) is 4.67. The van der Waals surface area contributed by atoms with E-state index in [9.17, 15) is 0 Å². The third kappa shape index (κ3) is 4.03. The molecule has 1 aliphatic rings. The molecule has 0 unspecified atom stereocenters. The van der Waals surface area contributed by atoms with Crippen LogP contribution in [0.1, 0.15) is 11.1 Å². The SMILES string of the molecule is Cl.Clc1ccccc1CNCc1ccc2c(c1)OCCO2. The molecule has 0 saturated carbocycles. The van der Waals surface area contributed by atoms with Crippen LogP contribution in [0, 0.1) is 0 Å². The number of nitrogens with one attached hydrogen (secondary N) is 1. The third-order valence-corrected chi connectivity index (χ3v) is 3.58. The van der Waals surface area contributed by atoms with Gasteiger partial charge in [-0.2, -0.15) is 0 Å². The van der Waals surface area contributed by atoms with Crippen LogP contribution in [0.15, 0.2) is 42.5 Å². The van der Waals surface area contributed by atoms with Gasteiger partial charge in [-0.05, 0) is 29.3 Å². The van der Waals surface area contributed by atoms with Crippen LogP contribution in [0.4, 0.5) is 0 Å². The lowest BCUT2D eigenvalue weighted by atomic mass is 10.1. The summed E-state index contributed by atoms with van der Waals surface area (Å²) < 4.78 is 11.1. The normalized spacial score (nSPS) is 12.6. The summed E-state index contributed by atoms with van der Waals surface area (Å²) in [5.74, 6) is 1.65. The second kappa shape index (κ2) is 7.55. The standard InChI is InChI=1S/C16H16ClNO2.ClH/c17-14-4-2-1-3-13(14)11-18-10-12-5-6-15-16(9-12)20-8-7-19-15;/h1-6,9,18H,7-8,10-11H2;1H. The van der Waals surface area contributed by atoms with Gasteiger partial charge in [-0.3, -0.25) is 0 Å². The van der Waals surface area contributed by atoms with Crippen LogP contribution in [0.2, 0.25) is 5.02 Å². The maximum atomic E-state index is 6.12. The summed E-state index contributed by atoms with van der Waals surface area (Å²) in [7, 11) is 0. The van der Waals surface area contributed by atoms with Gasteiger partial charge in [-0.15, -0.1) is 12.4 Å². The summed E-state index contributed by atoms with van der Waals surface area (Å²) >= 11 is 6.12. The van der Waals surface area contributed by atoms with Crippen LogP contribution in [-0.2, 0) is 13.1 Å². The molecule has 0 radical (unpaired) electrons. The first-order valence-electron chi connectivity index (χ1n) is 6.65. The minimum Gasteiger partial charge on any atom is -0.486 e. The number of rotatable bonds is 4. The molecule has 5 heteroatoms. The van der Waals surface area contributed by atoms with Gasteiger partial charge in [0.15, 0.2) is 11.5 Å². The maximum absolute atomic E-state index is 6.12. The van der Waals surface area contributed by atoms with Crippen molar-refractivity contribution in [2.24, 2.45) is 0 Å². The van der Waals surface area contributed by atoms with Gasteiger partial charge in [0.25, 0.3) is 0 Å². The Balaban J connectivity index is 0.00000161. The fourth-order valence-corrected chi connectivity index (χ4v) is 2.38. The van der Waals surface area contributed by atoms with Crippen LogP contribution >= 0.6 is 24.0 Å². The molecule has 2 aromatic carbocycles. The molecule has 21 heavy (non-hydrogen) atoms. The highest BCUT2D eigenvalue weighted by molar-refractivity contribution is 6.31. The second-order valence-corrected chi connectivity index (χ2v) is 5.08. The van der Waals surface area contributed by atoms with Crippen molar-refractivity contribution in [1.29, 1.82) is 0 Å². The lowest BCUT2D eigenvalue weighted by molar-refractivity contribution is 0.171. The summed E-state index contributed by atoms with van der Waals surface area (Å²) in [6.45, 7) is 2.75. The minimum absolute atomic E-state index is 0. The first kappa shape index (κ1) is 16.0. The summed E-state index contributed by atoms with van der Waals surface area (Å²) in [5.41, 5.74) is 2.27. The van der Waals surface area contributed by atoms with Crippen LogP contribution in [0.5, 0.6) is 11.5 Å². The quantitative estimate of drug-likeness (QED) is 0.926. The van der Waals surface area contributed by atoms with E-state index in [4.69, 9.17) is 21.1 Å². The molecule has 0 aliphatic carbocycles. The Labute approximate surface area is 135 Å². The Morgan fingerprint density at radius 3 is 2.52 bits per heavy atom. The van der Waals surface area contributed by atoms with Crippen molar-refractivity contribution in [2.45, 2.75) is 13.1 Å². The average Bonchev–Trinajstić information content (AvgIpc) is 2.49. The fourth-order valence-electron chi connectivity index (χ4n) is 2.18. The first-order valence-corrected chi connectivity index (χ1v) is 7.03. The van der Waals surface area contributed by atoms with E-state index in [1.165, 1.54) is 5.56 Å². The summed E-state index contributed by atoms with van der Waals surface area (Å²) in [6.07, 6.45) is 0. The number of hydrogen-bond donors (Lipinski definition) is 1. The number of benzene rings is 2. The Morgan fingerprint density at radius 1 is 0.952 bits per heavy atom. The van der Waals surface area contributed by atoms with E-state index in [0.717, 1.165) is 35.2 Å². The van der Waals surface area contributed by atoms with Crippen molar-refractivity contribution in [1.82, 2.24) is 5.32 Å². The zero-order valence-corrected chi connectivity index (χ0v) is 13.0. The van der Waals surface area contributed by atoms with Gasteiger partial charge in [-0.25, -0.2) is 0 Å². The lowest BCUT2D eigenvalue weighted by Gasteiger charge is -2.19. The largest absolute Gasteiger partial charge is 0.486 e. The molecule has 3 nitrogen and oxygen atoms in total. The molecule has 3 rings (SSSR count). The van der Waals surface area contributed by atoms with E-state index in [0.29, 0.717) is 13.2 Å². The number of hydrogen-bond acceptors (Lipinski definition) is 3. The van der Waals surface area contributed by atoms with Gasteiger partial charge in [-0.1, -0.05) is 35.9 Å². The van der Waals surface area contributed by atoms with Crippen molar-refractivity contribution in [3.05, 3.63) is 58.6 Å². The predicted octanol–water partition coefficient (Wildman–Crippen LogP) is 3.82. The topological polar surface area (TPSA) is 30.5 Å². The smallest absolute Gasteiger partial charge is 0.161 e. The summed E-state index contributed by atoms with van der Waals surface area (Å²) in [4.78, 5) is 0. The van der Waals surface area contributed by atoms with E-state index < -0.39 is 0 Å². The van der Waals surface area contributed by atoms with Crippen molar-refractivity contribution < 1.29 is 9.47 Å². The molecule has 112 valence electrons. The highest BCUT2D eigenvalue weighted by Crippen LogP contribution is 2.30. The van der Waals surface area contributed by atoms with Gasteiger partial charge < -0.3 is 14.8 Å². The molecule has 0 saturated heterocycles. The molecule has 0 fully saturated rings. The van der Waals surface area contributed by atoms with Gasteiger partial charge in [0, 0.05) is 18.1 Å². The highest BCUT2D eigenvalue weighted by atomic mass is 35.5. The van der Waals surface area contributed by atoms with Crippen LogP contribution in [-0.4, -0.2) is 13.2 Å². The molecule has 0 amide bonds. The Morgan fingerprint density at radius 2 is 1.71 bits per heavy atom. The van der Waals surface area contributed by atoms with Crippen LogP contribution in [0.25, 0.3) is 0 Å². The number of fused-ring (bicyclic) bond motifs is 1. The lowest BCUT2D eigenvalue weighted by Crippen LogP contribution is -2.16. The van der Waals surface area contributed by atoms with Crippen LogP contribution in [0.3, 0.4) is 0 Å². The molecule has 0 spiro atoms. The van der Waals surface area contributed by atoms with E-state index in [1.54, 1.807) is 0 Å². The van der Waals surface area contributed by atoms with E-state index in [-0.39, 0.29) is 12.4 Å². The predicted molar refractivity (Wildman–Crippen MR) is 86.7 cm³/mol. The van der Waals surface area contributed by atoms with E-state index in [2.05, 4.69) is 5.32 Å². The Bertz CT molecular complexity index is 605. The zero-order valence-electron chi connectivity index (χ0n) is 11.5. The number of ether oxygens (including phenoxy) is 2. The van der Waals surface area contributed by atoms with Gasteiger partial charge >= 0.3 is 0 Å². The molecule has 1 N–H and O–H groups in total. The van der Waals surface area contributed by atoms with Crippen molar-refractivity contribution >= 4 is 24.0 Å². The van der Waals surface area contributed by atoms with Crippen molar-refractivity contribution in [3.8, 4) is 11.5 Å². The monoisotopic (exact) mass is 325 g/mol. The van der Waals surface area contributed by atoms with E-state index >= 15 is 0 Å². The molecule has 2 aromatic rings. The molecule has 1 heterocycles. The Kier molecular flexibility index (Phi) is 5.74. The first-order chi connectivity index (χ1) is 9.83. The molecule has 0 bridgehead atoms. The maximum Gasteiger partial charge on any atom is 0.161 e. The zero-order chi connectivity index (χ0) is 13.8. The van der Waals surface area contributed by atoms with Crippen molar-refractivity contribution in [2.75, 3.05) is 13.2 Å². The Hall–Kier alpha value is -1.42. The molecular weight excluding hydrogens is 309 g/mol. The fraction of sp³-hybridized carbons (Fsp3) is 0.250. The molecule has 0 atom stereocenters. The molecular formula is C16H17Cl2NO2. The third-order valence-electron chi connectivity index (χ3n) is 3.21. The van der Waals surface area contributed by atoms with Gasteiger partial charge in [0.05, 0.1) is 0 Å². The van der Waals surface area contributed by atoms with Gasteiger partial charge in [0.2, 0.25) is 0 Å². The summed E-state index contributed by atoms with van der Waals surface area (Å²) in [5, 5.41) is 4.18. The highest BCUT2D eigenvalue weighted by Gasteiger charge is 2.11. The van der Waals surface area contributed by atoms with E-state index in [1.807, 2.05) is 42.5 Å². The summed E-state index contributed by atoms with van der Waals surface area (Å²) in [6, 6.07) is 13.9. The molecule has 1 aliphatic heterocycles. The minimum atomic E-state index is 0.